The number of hydrogen-bond donors (Lipinski definition) is 1. The molecule has 0 saturated heterocycles. The minimum absolute atomic E-state index is 0.127. The van der Waals surface area contributed by atoms with Crippen molar-refractivity contribution in [3.05, 3.63) is 71.7 Å². The molecule has 2 aromatic carbocycles. The Kier molecular flexibility index (Phi) is 7.02. The van der Waals surface area contributed by atoms with Gasteiger partial charge in [0.15, 0.2) is 12.4 Å². The average Bonchev–Trinajstić information content (AvgIpc) is 3.25. The maximum absolute atomic E-state index is 13.0. The van der Waals surface area contributed by atoms with E-state index in [2.05, 4.69) is 10.5 Å². The summed E-state index contributed by atoms with van der Waals surface area (Å²) in [6, 6.07) is 13.2. The molecule has 0 bridgehead atoms. The van der Waals surface area contributed by atoms with Crippen LogP contribution >= 0.6 is 0 Å². The molecular weight excluding hydrogens is 403 g/mol. The molecule has 162 valence electrons. The van der Waals surface area contributed by atoms with Crippen LogP contribution < -0.4 is 10.1 Å². The molecule has 0 fully saturated rings. The van der Waals surface area contributed by atoms with Crippen molar-refractivity contribution in [3.8, 4) is 17.0 Å². The van der Waals surface area contributed by atoms with Crippen molar-refractivity contribution in [2.24, 2.45) is 5.92 Å². The van der Waals surface area contributed by atoms with Crippen LogP contribution in [0, 0.1) is 11.7 Å². The van der Waals surface area contributed by atoms with Crippen LogP contribution in [0.3, 0.4) is 0 Å². The third-order valence-corrected chi connectivity index (χ3v) is 4.62. The van der Waals surface area contributed by atoms with Crippen molar-refractivity contribution in [1.82, 2.24) is 10.5 Å². The number of ether oxygens (including phenoxy) is 2. The molecule has 7 nitrogen and oxygen atoms in total. The second-order valence-electron chi connectivity index (χ2n) is 7.22. The fourth-order valence-corrected chi connectivity index (χ4v) is 2.83. The van der Waals surface area contributed by atoms with E-state index in [0.29, 0.717) is 11.5 Å². The van der Waals surface area contributed by atoms with Gasteiger partial charge in [0.05, 0.1) is 7.11 Å². The van der Waals surface area contributed by atoms with Crippen LogP contribution in [0.2, 0.25) is 0 Å². The predicted octanol–water partition coefficient (Wildman–Crippen LogP) is 3.99. The Morgan fingerprint density at radius 2 is 1.77 bits per heavy atom. The van der Waals surface area contributed by atoms with Gasteiger partial charge >= 0.3 is 5.97 Å². The molecule has 1 amide bonds. The van der Waals surface area contributed by atoms with Crippen LogP contribution in [-0.2, 0) is 16.1 Å². The van der Waals surface area contributed by atoms with E-state index in [4.69, 9.17) is 14.0 Å². The first-order valence-electron chi connectivity index (χ1n) is 9.70. The maximum atomic E-state index is 13.0. The van der Waals surface area contributed by atoms with Crippen LogP contribution in [-0.4, -0.2) is 30.2 Å². The zero-order valence-corrected chi connectivity index (χ0v) is 17.4. The predicted molar refractivity (Wildman–Crippen MR) is 111 cm³/mol. The number of carbonyl (C=O) groups is 2. The highest BCUT2D eigenvalue weighted by atomic mass is 19.1. The second kappa shape index (κ2) is 9.88. The van der Waals surface area contributed by atoms with Crippen LogP contribution in [0.1, 0.15) is 30.0 Å². The first kappa shape index (κ1) is 22.0. The number of hydrogen-bond acceptors (Lipinski definition) is 6. The van der Waals surface area contributed by atoms with E-state index in [9.17, 15) is 14.0 Å². The fraction of sp³-hybridized carbons (Fsp3) is 0.261. The van der Waals surface area contributed by atoms with Crippen LogP contribution in [0.15, 0.2) is 59.1 Å². The molecule has 0 aliphatic rings. The Morgan fingerprint density at radius 1 is 1.10 bits per heavy atom. The van der Waals surface area contributed by atoms with Gasteiger partial charge in [0.1, 0.15) is 23.3 Å². The molecule has 0 aliphatic carbocycles. The third-order valence-electron chi connectivity index (χ3n) is 4.62. The Bertz CT molecular complexity index is 1030. The van der Waals surface area contributed by atoms with Crippen molar-refractivity contribution in [2.45, 2.75) is 26.5 Å². The smallest absolute Gasteiger partial charge is 0.329 e. The van der Waals surface area contributed by atoms with Gasteiger partial charge in [-0.05, 0) is 54.4 Å². The van der Waals surface area contributed by atoms with E-state index in [0.717, 1.165) is 11.3 Å². The summed E-state index contributed by atoms with van der Waals surface area (Å²) in [5.41, 5.74) is 1.67. The Balaban J connectivity index is 1.60. The highest BCUT2D eigenvalue weighted by molar-refractivity contribution is 5.96. The number of methoxy groups -OCH3 is 1. The van der Waals surface area contributed by atoms with E-state index < -0.39 is 23.7 Å². The lowest BCUT2D eigenvalue weighted by Crippen LogP contribution is -2.45. The topological polar surface area (TPSA) is 90.7 Å². The molecule has 8 heteroatoms. The summed E-state index contributed by atoms with van der Waals surface area (Å²) in [5.74, 6) is -0.667. The van der Waals surface area contributed by atoms with Gasteiger partial charge in [0.2, 0.25) is 0 Å². The number of esters is 1. The standard InChI is InChI=1S/C23H23FN2O5/c1-14(2)21(25-22(27)16-4-8-17(24)9-5-16)23(28)30-13-19-12-20(26-31-19)15-6-10-18(29-3)11-7-15/h4-12,14,21H,13H2,1-3H3,(H,25,27)/t21-/m0/s1. The number of rotatable bonds is 8. The number of nitrogens with one attached hydrogen (secondary N) is 1. The molecule has 1 atom stereocenters. The van der Waals surface area contributed by atoms with Crippen molar-refractivity contribution in [1.29, 1.82) is 0 Å². The minimum atomic E-state index is -0.874. The van der Waals surface area contributed by atoms with Crippen LogP contribution in [0.25, 0.3) is 11.3 Å². The summed E-state index contributed by atoms with van der Waals surface area (Å²) in [5, 5.41) is 6.62. The summed E-state index contributed by atoms with van der Waals surface area (Å²) < 4.78 is 28.8. The summed E-state index contributed by atoms with van der Waals surface area (Å²) >= 11 is 0. The Morgan fingerprint density at radius 3 is 2.39 bits per heavy atom. The summed E-state index contributed by atoms with van der Waals surface area (Å²) in [7, 11) is 1.59. The van der Waals surface area contributed by atoms with E-state index in [-0.39, 0.29) is 18.1 Å². The fourth-order valence-electron chi connectivity index (χ4n) is 2.83. The molecular formula is C23H23FN2O5. The lowest BCUT2D eigenvalue weighted by Gasteiger charge is -2.20. The molecule has 1 heterocycles. The van der Waals surface area contributed by atoms with Gasteiger partial charge in [-0.25, -0.2) is 9.18 Å². The van der Waals surface area contributed by atoms with Gasteiger partial charge in [-0.15, -0.1) is 0 Å². The van der Waals surface area contributed by atoms with Gasteiger partial charge in [-0.1, -0.05) is 19.0 Å². The average molecular weight is 426 g/mol. The minimum Gasteiger partial charge on any atom is -0.497 e. The summed E-state index contributed by atoms with van der Waals surface area (Å²) in [4.78, 5) is 24.9. The van der Waals surface area contributed by atoms with E-state index in [1.807, 2.05) is 12.1 Å². The zero-order chi connectivity index (χ0) is 22.4. The molecule has 3 aromatic rings. The van der Waals surface area contributed by atoms with Gasteiger partial charge in [0.25, 0.3) is 5.91 Å². The first-order chi connectivity index (χ1) is 14.9. The Labute approximate surface area is 179 Å². The molecule has 0 radical (unpaired) electrons. The van der Waals surface area contributed by atoms with Crippen molar-refractivity contribution < 1.29 is 28.0 Å². The molecule has 1 aromatic heterocycles. The highest BCUT2D eigenvalue weighted by Gasteiger charge is 2.26. The van der Waals surface area contributed by atoms with Gasteiger partial charge in [-0.3, -0.25) is 4.79 Å². The number of carbonyl (C=O) groups excluding carboxylic acids is 2. The number of halogens is 1. The molecule has 1 N–H and O–H groups in total. The van der Waals surface area contributed by atoms with E-state index in [1.54, 1.807) is 39.2 Å². The van der Waals surface area contributed by atoms with Gasteiger partial charge < -0.3 is 19.3 Å². The van der Waals surface area contributed by atoms with Gasteiger partial charge in [-0.2, -0.15) is 0 Å². The molecule has 0 saturated carbocycles. The summed E-state index contributed by atoms with van der Waals surface area (Å²) in [6.45, 7) is 3.44. The number of benzene rings is 2. The number of nitrogens with zero attached hydrogens (tertiary/aromatic N) is 1. The third kappa shape index (κ3) is 5.69. The molecule has 31 heavy (non-hydrogen) atoms. The lowest BCUT2D eigenvalue weighted by molar-refractivity contribution is -0.149. The molecule has 0 aliphatic heterocycles. The van der Waals surface area contributed by atoms with Crippen molar-refractivity contribution in [2.75, 3.05) is 7.11 Å². The van der Waals surface area contributed by atoms with E-state index in [1.165, 1.54) is 24.3 Å². The monoisotopic (exact) mass is 426 g/mol. The normalized spacial score (nSPS) is 11.8. The summed E-state index contributed by atoms with van der Waals surface area (Å²) in [6.07, 6.45) is 0. The van der Waals surface area contributed by atoms with Crippen molar-refractivity contribution >= 4 is 11.9 Å². The maximum Gasteiger partial charge on any atom is 0.329 e. The lowest BCUT2D eigenvalue weighted by atomic mass is 10.0. The zero-order valence-electron chi connectivity index (χ0n) is 17.4. The highest BCUT2D eigenvalue weighted by Crippen LogP contribution is 2.22. The van der Waals surface area contributed by atoms with Crippen LogP contribution in [0.4, 0.5) is 4.39 Å². The van der Waals surface area contributed by atoms with Crippen LogP contribution in [0.5, 0.6) is 5.75 Å². The van der Waals surface area contributed by atoms with Crippen molar-refractivity contribution in [3.63, 3.8) is 0 Å². The molecule has 3 rings (SSSR count). The SMILES string of the molecule is COc1ccc(-c2cc(COC(=O)[C@@H](NC(=O)c3ccc(F)cc3)C(C)C)on2)cc1. The van der Waals surface area contributed by atoms with E-state index >= 15 is 0 Å². The quantitative estimate of drug-likeness (QED) is 0.548. The second-order valence-corrected chi connectivity index (χ2v) is 7.22. The first-order valence-corrected chi connectivity index (χ1v) is 9.70. The van der Waals surface area contributed by atoms with Gasteiger partial charge in [0, 0.05) is 17.2 Å². The largest absolute Gasteiger partial charge is 0.497 e. The number of amides is 1. The number of aromatic nitrogens is 1. The molecule has 0 unspecified atom stereocenters. The Hall–Kier alpha value is -3.68. The molecule has 0 spiro atoms.